The number of aliphatic hydroxyl groups is 2. The Hall–Kier alpha value is -4.69. The number of nitrogens with one attached hydrogen (secondary N) is 1. The molecule has 3 aliphatic carbocycles. The molecule has 41 heavy (non-hydrogen) atoms. The lowest BCUT2D eigenvalue weighted by Crippen LogP contribution is -2.44. The van der Waals surface area contributed by atoms with Gasteiger partial charge in [-0.05, 0) is 64.6 Å². The van der Waals surface area contributed by atoms with Crippen molar-refractivity contribution in [2.75, 3.05) is 0 Å². The Bertz CT molecular complexity index is 1660. The van der Waals surface area contributed by atoms with Crippen LogP contribution in [0.5, 0.6) is 5.75 Å². The number of aliphatic hydroxyl groups excluding tert-OH is 2. The molecule has 1 amide bonds. The number of benzene rings is 3. The Morgan fingerprint density at radius 3 is 2.39 bits per heavy atom. The standard InChI is InChI=1S/C33H30N2O6/c34-33(41)29-25(37)14-21-12-20-13-23-22(9-10-24(36)28(23)31(39)26(20)30(38)27(21)32(29)40)19-8-4-7-18(11-19)16-35-15-17-5-2-1-3-6-17/h1-11,20-21,27,35-36,39-40H,12-16H2,(H2,34,41)/t20-,21?,27?/m1/s1. The third-order valence-corrected chi connectivity index (χ3v) is 8.51. The van der Waals surface area contributed by atoms with Crippen LogP contribution in [0.25, 0.3) is 16.9 Å². The monoisotopic (exact) mass is 550 g/mol. The predicted octanol–water partition coefficient (Wildman–Crippen LogP) is 4.27. The molecule has 1 fully saturated rings. The average molecular weight is 551 g/mol. The van der Waals surface area contributed by atoms with E-state index in [9.17, 15) is 29.7 Å². The maximum Gasteiger partial charge on any atom is 0.255 e. The van der Waals surface area contributed by atoms with Crippen LogP contribution in [0.2, 0.25) is 0 Å². The quantitative estimate of drug-likeness (QED) is 0.288. The Labute approximate surface area is 236 Å². The number of carbonyl (C=O) groups is 3. The molecular formula is C33H30N2O6. The summed E-state index contributed by atoms with van der Waals surface area (Å²) in [4.78, 5) is 38.0. The normalized spacial score (nSPS) is 21.8. The third-order valence-electron chi connectivity index (χ3n) is 8.51. The fourth-order valence-corrected chi connectivity index (χ4v) is 6.71. The van der Waals surface area contributed by atoms with Crippen LogP contribution >= 0.6 is 0 Å². The first-order valence-electron chi connectivity index (χ1n) is 13.7. The highest BCUT2D eigenvalue weighted by Gasteiger charge is 2.51. The number of Topliss-reactive ketones (excluding diaryl/α,β-unsaturated/α-hetero) is 2. The summed E-state index contributed by atoms with van der Waals surface area (Å²) in [5.41, 5.74) is 9.79. The molecular weight excluding hydrogens is 520 g/mol. The van der Waals surface area contributed by atoms with Gasteiger partial charge in [-0.2, -0.15) is 0 Å². The average Bonchev–Trinajstić information content (AvgIpc) is 2.93. The van der Waals surface area contributed by atoms with Crippen molar-refractivity contribution in [3.05, 3.63) is 106 Å². The zero-order chi connectivity index (χ0) is 28.8. The Morgan fingerprint density at radius 2 is 1.63 bits per heavy atom. The molecule has 1 saturated carbocycles. The molecule has 0 aromatic heterocycles. The Balaban J connectivity index is 1.34. The summed E-state index contributed by atoms with van der Waals surface area (Å²) in [5, 5.41) is 36.4. The van der Waals surface area contributed by atoms with Gasteiger partial charge in [-0.3, -0.25) is 14.4 Å². The molecule has 0 aliphatic heterocycles. The van der Waals surface area contributed by atoms with E-state index in [1.165, 1.54) is 11.6 Å². The minimum atomic E-state index is -1.13. The molecule has 6 rings (SSSR count). The van der Waals surface area contributed by atoms with Gasteiger partial charge < -0.3 is 26.4 Å². The van der Waals surface area contributed by atoms with E-state index < -0.39 is 46.6 Å². The number of carbonyl (C=O) groups excluding carboxylic acids is 3. The predicted molar refractivity (Wildman–Crippen MR) is 152 cm³/mol. The van der Waals surface area contributed by atoms with Gasteiger partial charge in [0.1, 0.15) is 22.8 Å². The van der Waals surface area contributed by atoms with E-state index in [2.05, 4.69) is 23.5 Å². The molecule has 6 N–H and O–H groups in total. The van der Waals surface area contributed by atoms with Crippen LogP contribution in [0.3, 0.4) is 0 Å². The Morgan fingerprint density at radius 1 is 0.902 bits per heavy atom. The molecule has 0 bridgehead atoms. The molecule has 3 aromatic carbocycles. The highest BCUT2D eigenvalue weighted by molar-refractivity contribution is 6.21. The number of hydrogen-bond acceptors (Lipinski definition) is 7. The van der Waals surface area contributed by atoms with Crippen molar-refractivity contribution in [1.29, 1.82) is 0 Å². The molecule has 2 unspecified atom stereocenters. The second-order valence-electron chi connectivity index (χ2n) is 11.0. The SMILES string of the molecule is NC(=O)C1=C(O)C2C(=O)C3=C(O)c4c(O)ccc(-c5cccc(CNCc6ccccc6)c5)c4C[C@H]3CC2CC1=O. The lowest BCUT2D eigenvalue weighted by molar-refractivity contribution is -0.127. The van der Waals surface area contributed by atoms with Crippen molar-refractivity contribution in [2.45, 2.75) is 32.4 Å². The van der Waals surface area contributed by atoms with Gasteiger partial charge in [-0.15, -0.1) is 0 Å². The number of phenols is 1. The minimum absolute atomic E-state index is 0.0823. The number of nitrogens with two attached hydrogens (primary N) is 1. The van der Waals surface area contributed by atoms with Gasteiger partial charge >= 0.3 is 0 Å². The summed E-state index contributed by atoms with van der Waals surface area (Å²) in [7, 11) is 0. The van der Waals surface area contributed by atoms with E-state index >= 15 is 0 Å². The van der Waals surface area contributed by atoms with E-state index in [0.717, 1.165) is 28.8 Å². The van der Waals surface area contributed by atoms with Crippen molar-refractivity contribution < 1.29 is 29.7 Å². The van der Waals surface area contributed by atoms with Crippen LogP contribution < -0.4 is 11.1 Å². The first-order chi connectivity index (χ1) is 19.7. The molecule has 0 radical (unpaired) electrons. The highest BCUT2D eigenvalue weighted by Crippen LogP contribution is 2.51. The fraction of sp³-hybridized carbons (Fsp3) is 0.242. The Kier molecular flexibility index (Phi) is 6.71. The fourth-order valence-electron chi connectivity index (χ4n) is 6.71. The van der Waals surface area contributed by atoms with Crippen molar-refractivity contribution in [2.24, 2.45) is 23.5 Å². The number of hydrogen-bond donors (Lipinski definition) is 5. The molecule has 0 saturated heterocycles. The van der Waals surface area contributed by atoms with Gasteiger partial charge in [0.15, 0.2) is 11.6 Å². The third kappa shape index (κ3) is 4.60. The molecule has 208 valence electrons. The zero-order valence-electron chi connectivity index (χ0n) is 22.3. The summed E-state index contributed by atoms with van der Waals surface area (Å²) < 4.78 is 0. The topological polar surface area (TPSA) is 150 Å². The van der Waals surface area contributed by atoms with Crippen molar-refractivity contribution in [3.8, 4) is 16.9 Å². The number of amides is 1. The first kappa shape index (κ1) is 26.5. The molecule has 8 nitrogen and oxygen atoms in total. The smallest absolute Gasteiger partial charge is 0.255 e. The largest absolute Gasteiger partial charge is 0.511 e. The van der Waals surface area contributed by atoms with E-state index in [-0.39, 0.29) is 29.1 Å². The molecule has 8 heteroatoms. The molecule has 3 aromatic rings. The summed E-state index contributed by atoms with van der Waals surface area (Å²) in [6.45, 7) is 1.38. The lowest BCUT2D eigenvalue weighted by atomic mass is 9.61. The van der Waals surface area contributed by atoms with E-state index in [1.54, 1.807) is 0 Å². The second kappa shape index (κ2) is 10.4. The van der Waals surface area contributed by atoms with Crippen molar-refractivity contribution in [3.63, 3.8) is 0 Å². The summed E-state index contributed by atoms with van der Waals surface area (Å²) in [6, 6.07) is 21.5. The summed E-state index contributed by atoms with van der Waals surface area (Å²) >= 11 is 0. The number of aromatic hydroxyl groups is 1. The van der Waals surface area contributed by atoms with Crippen LogP contribution in [0.1, 0.15) is 35.1 Å². The van der Waals surface area contributed by atoms with Gasteiger partial charge in [0.05, 0.1) is 11.5 Å². The van der Waals surface area contributed by atoms with Gasteiger partial charge in [0.2, 0.25) is 0 Å². The van der Waals surface area contributed by atoms with Gasteiger partial charge in [-0.1, -0.05) is 54.6 Å². The molecule has 0 spiro atoms. The van der Waals surface area contributed by atoms with E-state index in [0.29, 0.717) is 19.4 Å². The van der Waals surface area contributed by atoms with Gasteiger partial charge in [-0.25, -0.2) is 0 Å². The number of allylic oxidation sites excluding steroid dienone is 2. The number of phenolic OH excluding ortho intramolecular Hbond substituents is 1. The summed E-state index contributed by atoms with van der Waals surface area (Å²) in [5.74, 6) is -5.36. The number of rotatable bonds is 6. The minimum Gasteiger partial charge on any atom is -0.511 e. The maximum atomic E-state index is 13.6. The number of fused-ring (bicyclic) bond motifs is 3. The van der Waals surface area contributed by atoms with Crippen molar-refractivity contribution >= 4 is 23.2 Å². The van der Waals surface area contributed by atoms with E-state index in [4.69, 9.17) is 5.73 Å². The maximum absolute atomic E-state index is 13.6. The number of ketones is 2. The zero-order valence-corrected chi connectivity index (χ0v) is 22.3. The highest BCUT2D eigenvalue weighted by atomic mass is 16.3. The van der Waals surface area contributed by atoms with E-state index in [1.807, 2.05) is 42.5 Å². The van der Waals surface area contributed by atoms with Crippen molar-refractivity contribution in [1.82, 2.24) is 5.32 Å². The van der Waals surface area contributed by atoms with Crippen LogP contribution in [-0.2, 0) is 33.9 Å². The number of primary amides is 1. The van der Waals surface area contributed by atoms with Crippen LogP contribution in [0.4, 0.5) is 0 Å². The van der Waals surface area contributed by atoms with Crippen LogP contribution in [-0.4, -0.2) is 32.8 Å². The van der Waals surface area contributed by atoms with Crippen LogP contribution in [0.15, 0.2) is 83.6 Å². The summed E-state index contributed by atoms with van der Waals surface area (Å²) in [6.07, 6.45) is 0.641. The first-order valence-corrected chi connectivity index (χ1v) is 13.7. The van der Waals surface area contributed by atoms with Gasteiger partial charge in [0, 0.05) is 25.1 Å². The lowest BCUT2D eigenvalue weighted by Gasteiger charge is -2.41. The molecule has 3 atom stereocenters. The second-order valence-corrected chi connectivity index (χ2v) is 11.0. The molecule has 3 aliphatic rings. The van der Waals surface area contributed by atoms with Gasteiger partial charge in [0.25, 0.3) is 5.91 Å². The molecule has 0 heterocycles. The van der Waals surface area contributed by atoms with Crippen LogP contribution in [0, 0.1) is 17.8 Å².